The average molecular weight is 232 g/mol. The van der Waals surface area contributed by atoms with Crippen LogP contribution in [0, 0.1) is 0 Å². The number of aliphatic carboxylic acids is 1. The zero-order valence-electron chi connectivity index (χ0n) is 10.1. The maximum Gasteiger partial charge on any atom is 0.303 e. The zero-order chi connectivity index (χ0) is 12.4. The Labute approximate surface area is 99.9 Å². The van der Waals surface area contributed by atoms with Gasteiger partial charge >= 0.3 is 5.97 Å². The zero-order valence-corrected chi connectivity index (χ0v) is 10.1. The van der Waals surface area contributed by atoms with Crippen molar-refractivity contribution in [3.63, 3.8) is 0 Å². The molecule has 0 aliphatic heterocycles. The topological polar surface area (TPSA) is 55.1 Å². The maximum atomic E-state index is 10.5. The van der Waals surface area contributed by atoms with Crippen molar-refractivity contribution < 1.29 is 9.90 Å². The van der Waals surface area contributed by atoms with Gasteiger partial charge in [0, 0.05) is 18.9 Å². The molecule has 2 aromatic rings. The van der Waals surface area contributed by atoms with Gasteiger partial charge in [0.2, 0.25) is 0 Å². The number of hydrogen-bond donors (Lipinski definition) is 1. The second kappa shape index (κ2) is 4.57. The Morgan fingerprint density at radius 2 is 2.24 bits per heavy atom. The molecule has 1 heterocycles. The highest BCUT2D eigenvalue weighted by Gasteiger charge is 2.08. The predicted octanol–water partition coefficient (Wildman–Crippen LogP) is 2.15. The van der Waals surface area contributed by atoms with E-state index in [1.807, 2.05) is 29.9 Å². The van der Waals surface area contributed by atoms with Gasteiger partial charge in [0.05, 0.1) is 11.2 Å². The Kier molecular flexibility index (Phi) is 3.13. The number of nitrogens with zero attached hydrogens (tertiary/aromatic N) is 2. The van der Waals surface area contributed by atoms with Gasteiger partial charge in [-0.15, -0.1) is 0 Å². The number of carbonyl (C=O) groups is 1. The lowest BCUT2D eigenvalue weighted by Gasteiger charge is -2.00. The average Bonchev–Trinajstić information content (AvgIpc) is 2.63. The summed E-state index contributed by atoms with van der Waals surface area (Å²) in [4.78, 5) is 10.5. The van der Waals surface area contributed by atoms with E-state index >= 15 is 0 Å². The molecule has 0 atom stereocenters. The van der Waals surface area contributed by atoms with E-state index in [0.717, 1.165) is 28.6 Å². The Balaban J connectivity index is 2.36. The van der Waals surface area contributed by atoms with E-state index in [-0.39, 0.29) is 6.42 Å². The van der Waals surface area contributed by atoms with E-state index in [4.69, 9.17) is 5.11 Å². The van der Waals surface area contributed by atoms with Crippen LogP contribution in [0.3, 0.4) is 0 Å². The van der Waals surface area contributed by atoms with Crippen LogP contribution in [0.2, 0.25) is 0 Å². The summed E-state index contributed by atoms with van der Waals surface area (Å²) in [6.07, 6.45) is 1.65. The van der Waals surface area contributed by atoms with Gasteiger partial charge < -0.3 is 5.11 Å². The van der Waals surface area contributed by atoms with Crippen LogP contribution in [0.15, 0.2) is 18.2 Å². The molecule has 0 radical (unpaired) electrons. The summed E-state index contributed by atoms with van der Waals surface area (Å²) < 4.78 is 1.86. The number of fused-ring (bicyclic) bond motifs is 1. The SMILES string of the molecule is CCc1nn(C)c2cc(CCC(=O)O)ccc12. The van der Waals surface area contributed by atoms with Crippen molar-refractivity contribution in [3.05, 3.63) is 29.5 Å². The van der Waals surface area contributed by atoms with Crippen LogP contribution in [-0.2, 0) is 24.7 Å². The quantitative estimate of drug-likeness (QED) is 0.878. The predicted molar refractivity (Wildman–Crippen MR) is 66.0 cm³/mol. The van der Waals surface area contributed by atoms with Crippen LogP contribution in [-0.4, -0.2) is 20.9 Å². The number of aromatic nitrogens is 2. The first kappa shape index (κ1) is 11.6. The van der Waals surface area contributed by atoms with Gasteiger partial charge in [-0.2, -0.15) is 5.10 Å². The third-order valence-corrected chi connectivity index (χ3v) is 2.95. The lowest BCUT2D eigenvalue weighted by atomic mass is 10.1. The molecule has 0 aliphatic carbocycles. The second-order valence-corrected chi connectivity index (χ2v) is 4.17. The minimum atomic E-state index is -0.760. The molecule has 1 aromatic heterocycles. The first-order valence-corrected chi connectivity index (χ1v) is 5.78. The van der Waals surface area contributed by atoms with Crippen molar-refractivity contribution >= 4 is 16.9 Å². The van der Waals surface area contributed by atoms with Crippen LogP contribution in [0.5, 0.6) is 0 Å². The van der Waals surface area contributed by atoms with E-state index in [2.05, 4.69) is 12.0 Å². The number of carboxylic acid groups (broad SMARTS) is 1. The van der Waals surface area contributed by atoms with Gasteiger partial charge in [0.15, 0.2) is 0 Å². The molecule has 0 spiro atoms. The van der Waals surface area contributed by atoms with Crippen molar-refractivity contribution in [1.82, 2.24) is 9.78 Å². The smallest absolute Gasteiger partial charge is 0.303 e. The molecule has 0 saturated carbocycles. The molecule has 17 heavy (non-hydrogen) atoms. The molecule has 1 N–H and O–H groups in total. The van der Waals surface area contributed by atoms with E-state index in [9.17, 15) is 4.79 Å². The first-order valence-electron chi connectivity index (χ1n) is 5.78. The molecular weight excluding hydrogens is 216 g/mol. The summed E-state index contributed by atoms with van der Waals surface area (Å²) in [5.74, 6) is -0.760. The number of rotatable bonds is 4. The summed E-state index contributed by atoms with van der Waals surface area (Å²) in [7, 11) is 1.92. The summed E-state index contributed by atoms with van der Waals surface area (Å²) in [6.45, 7) is 2.08. The van der Waals surface area contributed by atoms with Gasteiger partial charge in [0.25, 0.3) is 0 Å². The molecular formula is C13H16N2O2. The Morgan fingerprint density at radius 3 is 2.88 bits per heavy atom. The van der Waals surface area contributed by atoms with Crippen LogP contribution in [0.25, 0.3) is 10.9 Å². The van der Waals surface area contributed by atoms with Crippen LogP contribution in [0.4, 0.5) is 0 Å². The standard InChI is InChI=1S/C13H16N2O2/c1-3-11-10-6-4-9(5-7-13(16)17)8-12(10)15(2)14-11/h4,6,8H,3,5,7H2,1-2H3,(H,16,17). The van der Waals surface area contributed by atoms with E-state index in [0.29, 0.717) is 6.42 Å². The van der Waals surface area contributed by atoms with Crippen LogP contribution < -0.4 is 0 Å². The van der Waals surface area contributed by atoms with Crippen molar-refractivity contribution in [3.8, 4) is 0 Å². The molecule has 0 bridgehead atoms. The molecule has 0 unspecified atom stereocenters. The fourth-order valence-electron chi connectivity index (χ4n) is 2.05. The van der Waals surface area contributed by atoms with Crippen molar-refractivity contribution in [2.24, 2.45) is 7.05 Å². The Bertz CT molecular complexity index is 558. The minimum Gasteiger partial charge on any atom is -0.481 e. The van der Waals surface area contributed by atoms with Crippen LogP contribution >= 0.6 is 0 Å². The number of aryl methyl sites for hydroxylation is 3. The summed E-state index contributed by atoms with van der Waals surface area (Å²) in [6, 6.07) is 6.06. The maximum absolute atomic E-state index is 10.5. The highest BCUT2D eigenvalue weighted by Crippen LogP contribution is 2.20. The number of hydrogen-bond acceptors (Lipinski definition) is 2. The summed E-state index contributed by atoms with van der Waals surface area (Å²) >= 11 is 0. The monoisotopic (exact) mass is 232 g/mol. The third kappa shape index (κ3) is 2.30. The second-order valence-electron chi connectivity index (χ2n) is 4.17. The fourth-order valence-corrected chi connectivity index (χ4v) is 2.05. The Morgan fingerprint density at radius 1 is 1.47 bits per heavy atom. The molecule has 0 amide bonds. The molecule has 4 heteroatoms. The van der Waals surface area contributed by atoms with Gasteiger partial charge in [0.1, 0.15) is 0 Å². The van der Waals surface area contributed by atoms with E-state index < -0.39 is 5.97 Å². The highest BCUT2D eigenvalue weighted by molar-refractivity contribution is 5.82. The lowest BCUT2D eigenvalue weighted by molar-refractivity contribution is -0.136. The van der Waals surface area contributed by atoms with Gasteiger partial charge in [-0.05, 0) is 24.5 Å². The Hall–Kier alpha value is -1.84. The normalized spacial score (nSPS) is 10.9. The van der Waals surface area contributed by atoms with Crippen molar-refractivity contribution in [2.45, 2.75) is 26.2 Å². The largest absolute Gasteiger partial charge is 0.481 e. The molecule has 1 aromatic carbocycles. The summed E-state index contributed by atoms with van der Waals surface area (Å²) in [5, 5.41) is 14.3. The van der Waals surface area contributed by atoms with Gasteiger partial charge in [-0.1, -0.05) is 19.1 Å². The lowest BCUT2D eigenvalue weighted by Crippen LogP contribution is -1.97. The highest BCUT2D eigenvalue weighted by atomic mass is 16.4. The molecule has 0 saturated heterocycles. The number of carboxylic acids is 1. The van der Waals surface area contributed by atoms with Gasteiger partial charge in [-0.25, -0.2) is 0 Å². The minimum absolute atomic E-state index is 0.171. The molecule has 2 rings (SSSR count). The fraction of sp³-hybridized carbons (Fsp3) is 0.385. The first-order chi connectivity index (χ1) is 8.11. The van der Waals surface area contributed by atoms with E-state index in [1.54, 1.807) is 0 Å². The molecule has 0 fully saturated rings. The molecule has 0 aliphatic rings. The molecule has 90 valence electrons. The summed E-state index contributed by atoms with van der Waals surface area (Å²) in [5.41, 5.74) is 3.21. The van der Waals surface area contributed by atoms with Crippen molar-refractivity contribution in [1.29, 1.82) is 0 Å². The van der Waals surface area contributed by atoms with Crippen molar-refractivity contribution in [2.75, 3.05) is 0 Å². The molecule has 4 nitrogen and oxygen atoms in total. The number of benzene rings is 1. The van der Waals surface area contributed by atoms with Gasteiger partial charge in [-0.3, -0.25) is 9.48 Å². The third-order valence-electron chi connectivity index (χ3n) is 2.95. The van der Waals surface area contributed by atoms with Crippen LogP contribution in [0.1, 0.15) is 24.6 Å². The van der Waals surface area contributed by atoms with E-state index in [1.165, 1.54) is 0 Å².